The first-order chi connectivity index (χ1) is 13.6. The Morgan fingerprint density at radius 1 is 1.10 bits per heavy atom. The SMILES string of the molecule is CN(Cc1ccc(C(=O)N2CCCC(C)(C)C2)cc1)S(=O)(=O)c1ccc(Cl)cc1. The fourth-order valence-corrected chi connectivity index (χ4v) is 4.95. The van der Waals surface area contributed by atoms with Crippen molar-refractivity contribution in [1.29, 1.82) is 0 Å². The van der Waals surface area contributed by atoms with Crippen LogP contribution in [0, 0.1) is 5.41 Å². The average molecular weight is 435 g/mol. The third-order valence-corrected chi connectivity index (χ3v) is 7.39. The fourth-order valence-electron chi connectivity index (χ4n) is 3.66. The van der Waals surface area contributed by atoms with Crippen LogP contribution in [0.25, 0.3) is 0 Å². The molecule has 1 aliphatic rings. The van der Waals surface area contributed by atoms with Crippen molar-refractivity contribution in [3.05, 3.63) is 64.7 Å². The Hall–Kier alpha value is -1.89. The van der Waals surface area contributed by atoms with Gasteiger partial charge in [0, 0.05) is 37.3 Å². The highest BCUT2D eigenvalue weighted by atomic mass is 35.5. The van der Waals surface area contributed by atoms with Crippen LogP contribution in [0.15, 0.2) is 53.4 Å². The highest BCUT2D eigenvalue weighted by Crippen LogP contribution is 2.29. The van der Waals surface area contributed by atoms with Crippen molar-refractivity contribution in [1.82, 2.24) is 9.21 Å². The third kappa shape index (κ3) is 5.18. The Kier molecular flexibility index (Phi) is 6.36. The molecular weight excluding hydrogens is 408 g/mol. The number of nitrogens with zero attached hydrogens (tertiary/aromatic N) is 2. The molecule has 5 nitrogen and oxygen atoms in total. The highest BCUT2D eigenvalue weighted by Gasteiger charge is 2.29. The molecule has 1 fully saturated rings. The van der Waals surface area contributed by atoms with Gasteiger partial charge in [-0.3, -0.25) is 4.79 Å². The second-order valence-corrected chi connectivity index (χ2v) is 10.9. The number of hydrogen-bond donors (Lipinski definition) is 0. The average Bonchev–Trinajstić information content (AvgIpc) is 2.67. The molecule has 1 amide bonds. The zero-order valence-corrected chi connectivity index (χ0v) is 18.6. The van der Waals surface area contributed by atoms with E-state index in [1.165, 1.54) is 16.4 Å². The normalized spacial score (nSPS) is 16.8. The number of halogens is 1. The first kappa shape index (κ1) is 21.8. The van der Waals surface area contributed by atoms with Crippen LogP contribution >= 0.6 is 11.6 Å². The molecule has 0 N–H and O–H groups in total. The minimum absolute atomic E-state index is 0.0338. The molecule has 0 saturated carbocycles. The van der Waals surface area contributed by atoms with Crippen LogP contribution in [0.5, 0.6) is 0 Å². The van der Waals surface area contributed by atoms with Crippen molar-refractivity contribution in [3.63, 3.8) is 0 Å². The van der Waals surface area contributed by atoms with E-state index in [1.54, 1.807) is 31.3 Å². The zero-order chi connectivity index (χ0) is 21.2. The van der Waals surface area contributed by atoms with Gasteiger partial charge in [-0.2, -0.15) is 4.31 Å². The summed E-state index contributed by atoms with van der Waals surface area (Å²) in [5.74, 6) is 0.0338. The van der Waals surface area contributed by atoms with Gasteiger partial charge in [0.05, 0.1) is 4.90 Å². The van der Waals surface area contributed by atoms with Crippen LogP contribution in [0.4, 0.5) is 0 Å². The summed E-state index contributed by atoms with van der Waals surface area (Å²) < 4.78 is 26.7. The summed E-state index contributed by atoms with van der Waals surface area (Å²) >= 11 is 5.84. The molecule has 0 spiro atoms. The molecule has 0 unspecified atom stereocenters. The van der Waals surface area contributed by atoms with Crippen LogP contribution in [0.2, 0.25) is 5.02 Å². The molecule has 0 aromatic heterocycles. The summed E-state index contributed by atoms with van der Waals surface area (Å²) in [7, 11) is -2.07. The highest BCUT2D eigenvalue weighted by molar-refractivity contribution is 7.89. The lowest BCUT2D eigenvalue weighted by Gasteiger charge is -2.38. The first-order valence-corrected chi connectivity index (χ1v) is 11.5. The predicted octanol–water partition coefficient (Wildman–Crippen LogP) is 4.42. The van der Waals surface area contributed by atoms with Crippen molar-refractivity contribution in [2.24, 2.45) is 5.41 Å². The molecule has 1 saturated heterocycles. The summed E-state index contributed by atoms with van der Waals surface area (Å²) in [4.78, 5) is 14.9. The summed E-state index contributed by atoms with van der Waals surface area (Å²) in [6, 6.07) is 13.3. The Balaban J connectivity index is 1.68. The van der Waals surface area contributed by atoms with Gasteiger partial charge in [-0.05, 0) is 60.2 Å². The summed E-state index contributed by atoms with van der Waals surface area (Å²) in [5.41, 5.74) is 1.60. The fraction of sp³-hybridized carbons (Fsp3) is 0.409. The molecular formula is C22H27ClN2O3S. The number of benzene rings is 2. The first-order valence-electron chi connectivity index (χ1n) is 9.69. The Labute approximate surface area is 178 Å². The number of amides is 1. The van der Waals surface area contributed by atoms with Crippen LogP contribution in [0.1, 0.15) is 42.6 Å². The molecule has 156 valence electrons. The largest absolute Gasteiger partial charge is 0.338 e. The predicted molar refractivity (Wildman–Crippen MR) is 115 cm³/mol. The van der Waals surface area contributed by atoms with E-state index in [-0.39, 0.29) is 22.8 Å². The topological polar surface area (TPSA) is 57.7 Å². The van der Waals surface area contributed by atoms with E-state index < -0.39 is 10.0 Å². The summed E-state index contributed by atoms with van der Waals surface area (Å²) in [6.07, 6.45) is 2.15. The second kappa shape index (κ2) is 8.46. The van der Waals surface area contributed by atoms with E-state index in [4.69, 9.17) is 11.6 Å². The summed E-state index contributed by atoms with van der Waals surface area (Å²) in [6.45, 7) is 6.14. The van der Waals surface area contributed by atoms with Gasteiger partial charge in [0.2, 0.25) is 10.0 Å². The van der Waals surface area contributed by atoms with E-state index in [1.807, 2.05) is 17.0 Å². The number of hydrogen-bond acceptors (Lipinski definition) is 3. The molecule has 1 heterocycles. The maximum absolute atomic E-state index is 12.8. The van der Waals surface area contributed by atoms with Gasteiger partial charge >= 0.3 is 0 Å². The number of rotatable bonds is 5. The number of piperidine rings is 1. The number of carbonyl (C=O) groups is 1. The lowest BCUT2D eigenvalue weighted by Crippen LogP contribution is -2.43. The van der Waals surface area contributed by atoms with E-state index in [0.717, 1.165) is 31.5 Å². The van der Waals surface area contributed by atoms with Crippen LogP contribution < -0.4 is 0 Å². The molecule has 0 aliphatic carbocycles. The van der Waals surface area contributed by atoms with Crippen LogP contribution in [-0.2, 0) is 16.6 Å². The van der Waals surface area contributed by atoms with E-state index in [2.05, 4.69) is 13.8 Å². The molecule has 0 radical (unpaired) electrons. The third-order valence-electron chi connectivity index (χ3n) is 5.32. The number of carbonyl (C=O) groups excluding carboxylic acids is 1. The standard InChI is InChI=1S/C22H27ClN2O3S/c1-22(2)13-4-14-25(16-22)21(26)18-7-5-17(6-8-18)15-24(3)29(27,28)20-11-9-19(23)10-12-20/h5-12H,4,13-16H2,1-3H3. The van der Waals surface area contributed by atoms with Crippen molar-refractivity contribution in [3.8, 4) is 0 Å². The minimum atomic E-state index is -3.61. The monoisotopic (exact) mass is 434 g/mol. The van der Waals surface area contributed by atoms with E-state index in [0.29, 0.717) is 10.6 Å². The van der Waals surface area contributed by atoms with Gasteiger partial charge < -0.3 is 4.90 Å². The molecule has 29 heavy (non-hydrogen) atoms. The smallest absolute Gasteiger partial charge is 0.253 e. The molecule has 0 bridgehead atoms. The lowest BCUT2D eigenvalue weighted by molar-refractivity contribution is 0.0583. The van der Waals surface area contributed by atoms with E-state index in [9.17, 15) is 13.2 Å². The van der Waals surface area contributed by atoms with Gasteiger partial charge in [0.15, 0.2) is 0 Å². The van der Waals surface area contributed by atoms with Crippen molar-refractivity contribution < 1.29 is 13.2 Å². The molecule has 0 atom stereocenters. The van der Waals surface area contributed by atoms with Crippen LogP contribution in [-0.4, -0.2) is 43.7 Å². The Bertz CT molecular complexity index is 970. The number of likely N-dealkylation sites (tertiary alicyclic amines) is 1. The van der Waals surface area contributed by atoms with Gasteiger partial charge in [-0.1, -0.05) is 37.6 Å². The molecule has 7 heteroatoms. The van der Waals surface area contributed by atoms with Crippen molar-refractivity contribution >= 4 is 27.5 Å². The van der Waals surface area contributed by atoms with E-state index >= 15 is 0 Å². The van der Waals surface area contributed by atoms with Gasteiger partial charge in [-0.15, -0.1) is 0 Å². The van der Waals surface area contributed by atoms with Crippen LogP contribution in [0.3, 0.4) is 0 Å². The molecule has 2 aromatic carbocycles. The lowest BCUT2D eigenvalue weighted by atomic mass is 9.84. The van der Waals surface area contributed by atoms with Gasteiger partial charge in [-0.25, -0.2) is 8.42 Å². The van der Waals surface area contributed by atoms with Crippen molar-refractivity contribution in [2.75, 3.05) is 20.1 Å². The van der Waals surface area contributed by atoms with Crippen molar-refractivity contribution in [2.45, 2.75) is 38.1 Å². The maximum Gasteiger partial charge on any atom is 0.253 e. The minimum Gasteiger partial charge on any atom is -0.338 e. The summed E-state index contributed by atoms with van der Waals surface area (Å²) in [5, 5.41) is 0.490. The molecule has 1 aliphatic heterocycles. The van der Waals surface area contributed by atoms with Gasteiger partial charge in [0.1, 0.15) is 0 Å². The van der Waals surface area contributed by atoms with Gasteiger partial charge in [0.25, 0.3) is 5.91 Å². The number of sulfonamides is 1. The molecule has 2 aromatic rings. The molecule has 3 rings (SSSR count). The Morgan fingerprint density at radius 2 is 1.72 bits per heavy atom. The maximum atomic E-state index is 12.8. The quantitative estimate of drug-likeness (QED) is 0.699. The Morgan fingerprint density at radius 3 is 2.31 bits per heavy atom. The second-order valence-electron chi connectivity index (χ2n) is 8.41. The zero-order valence-electron chi connectivity index (χ0n) is 17.1.